The zero-order chi connectivity index (χ0) is 29.9. The van der Waals surface area contributed by atoms with E-state index in [4.69, 9.17) is 5.26 Å². The van der Waals surface area contributed by atoms with Gasteiger partial charge in [0.15, 0.2) is 0 Å². The summed E-state index contributed by atoms with van der Waals surface area (Å²) in [5.41, 5.74) is -0.0120. The Balaban J connectivity index is 0.00000484. The van der Waals surface area contributed by atoms with Crippen LogP contribution in [0.5, 0.6) is 5.75 Å². The third-order valence-electron chi connectivity index (χ3n) is 5.56. The van der Waals surface area contributed by atoms with E-state index in [2.05, 4.69) is 20.3 Å². The van der Waals surface area contributed by atoms with Crippen LogP contribution in [0.1, 0.15) is 21.5 Å². The van der Waals surface area contributed by atoms with E-state index in [1.54, 1.807) is 0 Å². The molecule has 0 fully saturated rings. The zero-order valence-electron chi connectivity index (χ0n) is 21.9. The van der Waals surface area contributed by atoms with Crippen molar-refractivity contribution in [2.45, 2.75) is 4.90 Å². The van der Waals surface area contributed by atoms with Crippen molar-refractivity contribution in [3.8, 4) is 17.9 Å². The van der Waals surface area contributed by atoms with Gasteiger partial charge in [0.25, 0.3) is 5.91 Å². The molecule has 3 N–H and O–H groups in total. The minimum Gasteiger partial charge on any atom is -0.744 e. The molecule has 0 saturated heterocycles. The van der Waals surface area contributed by atoms with Crippen LogP contribution in [0.4, 0.5) is 22.7 Å². The number of nitrogens with zero attached hydrogens (tertiary/aromatic N) is 4. The van der Waals surface area contributed by atoms with Gasteiger partial charge in [-0.25, -0.2) is 16.8 Å². The largest absolute Gasteiger partial charge is 1.00 e. The van der Waals surface area contributed by atoms with Crippen molar-refractivity contribution in [3.05, 3.63) is 83.4 Å². The topological polar surface area (TPSA) is 225 Å². The van der Waals surface area contributed by atoms with E-state index < -0.39 is 36.7 Å². The van der Waals surface area contributed by atoms with Crippen LogP contribution in [0.2, 0.25) is 0 Å². The molecular weight excluding hydrogens is 595 g/mol. The standard InChI is InChI=1S/C26H18N6O7S2.Na/c1-40(35,36)32-21-7-3-6-20-24(21)22(31-30-18-9-8-16(13-27)17(10-18)14-28)12-23(25(20)33)29-26(34)15-4-2-5-19(11-15)41(37,38)39;/h2-12,32-33H,1H3,(H,29,34)(H,37,38,39);/q;+1/p-1. The van der Waals surface area contributed by atoms with Gasteiger partial charge in [-0.1, -0.05) is 18.2 Å². The van der Waals surface area contributed by atoms with Crippen molar-refractivity contribution in [1.82, 2.24) is 0 Å². The fourth-order valence-corrected chi connectivity index (χ4v) is 4.88. The van der Waals surface area contributed by atoms with Crippen molar-refractivity contribution in [2.75, 3.05) is 16.3 Å². The van der Waals surface area contributed by atoms with Gasteiger partial charge in [0.2, 0.25) is 10.0 Å². The third-order valence-corrected chi connectivity index (χ3v) is 6.98. The van der Waals surface area contributed by atoms with E-state index in [9.17, 15) is 36.6 Å². The second-order valence-corrected chi connectivity index (χ2v) is 11.6. The first-order chi connectivity index (χ1) is 19.3. The normalized spacial score (nSPS) is 11.3. The molecule has 13 nitrogen and oxygen atoms in total. The van der Waals surface area contributed by atoms with Crippen LogP contribution in [0, 0.1) is 22.7 Å². The number of benzene rings is 4. The van der Waals surface area contributed by atoms with Gasteiger partial charge in [-0.2, -0.15) is 15.6 Å². The summed E-state index contributed by atoms with van der Waals surface area (Å²) in [6, 6.07) is 17.8. The summed E-state index contributed by atoms with van der Waals surface area (Å²) >= 11 is 0. The first-order valence-electron chi connectivity index (χ1n) is 11.3. The zero-order valence-corrected chi connectivity index (χ0v) is 25.5. The van der Waals surface area contributed by atoms with Crippen LogP contribution >= 0.6 is 0 Å². The number of carbonyl (C=O) groups excluding carboxylic acids is 1. The summed E-state index contributed by atoms with van der Waals surface area (Å²) in [4.78, 5) is 12.3. The third kappa shape index (κ3) is 7.29. The predicted molar refractivity (Wildman–Crippen MR) is 146 cm³/mol. The van der Waals surface area contributed by atoms with E-state index in [1.807, 2.05) is 12.1 Å². The number of anilines is 2. The van der Waals surface area contributed by atoms with Crippen molar-refractivity contribution < 1.29 is 60.8 Å². The molecule has 16 heteroatoms. The number of azo groups is 1. The Morgan fingerprint density at radius 2 is 1.60 bits per heavy atom. The van der Waals surface area contributed by atoms with Crippen molar-refractivity contribution in [3.63, 3.8) is 0 Å². The molecule has 0 heterocycles. The number of phenols is 1. The van der Waals surface area contributed by atoms with Gasteiger partial charge in [0.1, 0.15) is 28.0 Å². The Morgan fingerprint density at radius 3 is 2.24 bits per heavy atom. The summed E-state index contributed by atoms with van der Waals surface area (Å²) in [6.45, 7) is 0. The maximum atomic E-state index is 12.9. The average Bonchev–Trinajstić information content (AvgIpc) is 2.92. The van der Waals surface area contributed by atoms with Crippen LogP contribution in [0.25, 0.3) is 10.8 Å². The summed E-state index contributed by atoms with van der Waals surface area (Å²) in [7, 11) is -8.62. The van der Waals surface area contributed by atoms with Gasteiger partial charge in [0, 0.05) is 16.3 Å². The fourth-order valence-electron chi connectivity index (χ4n) is 3.79. The van der Waals surface area contributed by atoms with E-state index in [0.717, 1.165) is 18.4 Å². The van der Waals surface area contributed by atoms with Crippen molar-refractivity contribution >= 4 is 59.6 Å². The molecule has 0 saturated carbocycles. The van der Waals surface area contributed by atoms with Gasteiger partial charge in [-0.15, -0.1) is 5.11 Å². The van der Waals surface area contributed by atoms with Crippen molar-refractivity contribution in [1.29, 1.82) is 10.5 Å². The molecule has 0 aromatic heterocycles. The number of sulfonamides is 1. The molecule has 0 aliphatic heterocycles. The van der Waals surface area contributed by atoms with E-state index in [0.29, 0.717) is 0 Å². The van der Waals surface area contributed by atoms with Gasteiger partial charge < -0.3 is 15.0 Å². The second-order valence-electron chi connectivity index (χ2n) is 8.48. The molecule has 0 spiro atoms. The number of phenolic OH excluding ortho intramolecular Hbond substituents is 1. The molecule has 0 unspecified atom stereocenters. The Hall–Kier alpha value is -4.35. The molecule has 4 aromatic rings. The van der Waals surface area contributed by atoms with Crippen LogP contribution in [0.3, 0.4) is 0 Å². The molecule has 4 aromatic carbocycles. The maximum absolute atomic E-state index is 12.9. The Labute approximate surface area is 262 Å². The first kappa shape index (κ1) is 32.2. The van der Waals surface area contributed by atoms with Crippen LogP contribution < -0.4 is 39.6 Å². The van der Waals surface area contributed by atoms with Crippen LogP contribution in [0.15, 0.2) is 81.9 Å². The fraction of sp³-hybridized carbons (Fsp3) is 0.0385. The Morgan fingerprint density at radius 1 is 0.905 bits per heavy atom. The van der Waals surface area contributed by atoms with E-state index in [1.165, 1.54) is 54.6 Å². The molecule has 4 rings (SSSR count). The number of rotatable bonds is 7. The van der Waals surface area contributed by atoms with E-state index >= 15 is 0 Å². The van der Waals surface area contributed by atoms with Gasteiger partial charge in [-0.3, -0.25) is 9.52 Å². The number of nitriles is 2. The molecule has 42 heavy (non-hydrogen) atoms. The summed E-state index contributed by atoms with van der Waals surface area (Å²) < 4.78 is 60.5. The first-order valence-corrected chi connectivity index (χ1v) is 14.6. The molecule has 0 aliphatic carbocycles. The number of hydrogen-bond acceptors (Lipinski definition) is 11. The molecule has 0 aliphatic rings. The molecular formula is C26H17N6NaO7S2. The van der Waals surface area contributed by atoms with E-state index in [-0.39, 0.29) is 79.8 Å². The number of carbonyl (C=O) groups is 1. The van der Waals surface area contributed by atoms with Crippen molar-refractivity contribution in [2.24, 2.45) is 10.2 Å². The average molecular weight is 613 g/mol. The summed E-state index contributed by atoms with van der Waals surface area (Å²) in [6.07, 6.45) is 0.928. The minimum atomic E-state index is -4.84. The molecule has 0 radical (unpaired) electrons. The van der Waals surface area contributed by atoms with Crippen LogP contribution in [-0.2, 0) is 20.1 Å². The molecule has 0 bridgehead atoms. The van der Waals surface area contributed by atoms with Gasteiger partial charge in [0.05, 0.1) is 45.0 Å². The summed E-state index contributed by atoms with van der Waals surface area (Å²) in [5, 5.41) is 40.3. The number of fused-ring (bicyclic) bond motifs is 1. The SMILES string of the molecule is CS(=O)(=O)Nc1cccc2c(O)c(NC(=O)c3cccc(S(=O)(=O)[O-])c3)cc(N=Nc3ccc(C#N)c(C#N)c3)c12.[Na+]. The molecule has 206 valence electrons. The molecule has 0 atom stereocenters. The molecule has 1 amide bonds. The number of hydrogen-bond donors (Lipinski definition) is 3. The van der Waals surface area contributed by atoms with Gasteiger partial charge in [-0.05, 0) is 48.5 Å². The Bertz CT molecular complexity index is 2070. The number of aromatic hydroxyl groups is 1. The minimum absolute atomic E-state index is 0. The predicted octanol–water partition coefficient (Wildman–Crippen LogP) is 1.24. The number of amides is 1. The number of nitrogens with one attached hydrogen (secondary N) is 2. The quantitative estimate of drug-likeness (QED) is 0.118. The van der Waals surface area contributed by atoms with Crippen LogP contribution in [-0.4, -0.2) is 38.7 Å². The van der Waals surface area contributed by atoms with Gasteiger partial charge >= 0.3 is 29.6 Å². The monoisotopic (exact) mass is 612 g/mol. The summed E-state index contributed by atoms with van der Waals surface area (Å²) in [5.74, 6) is -1.34. The second kappa shape index (κ2) is 12.7. The maximum Gasteiger partial charge on any atom is 1.00 e. The Kier molecular flexibility index (Phi) is 9.70. The smallest absolute Gasteiger partial charge is 0.744 e.